The number of hydrazone groups is 1. The van der Waals surface area contributed by atoms with Gasteiger partial charge in [0.05, 0.1) is 12.1 Å². The predicted molar refractivity (Wildman–Crippen MR) is 96.9 cm³/mol. The van der Waals surface area contributed by atoms with Gasteiger partial charge in [-0.15, -0.1) is 0 Å². The van der Waals surface area contributed by atoms with E-state index in [1.54, 1.807) is 18.2 Å². The van der Waals surface area contributed by atoms with Crippen molar-refractivity contribution in [3.63, 3.8) is 0 Å². The van der Waals surface area contributed by atoms with Crippen molar-refractivity contribution < 1.29 is 9.18 Å². The maximum Gasteiger partial charge on any atom is 0.252 e. The Morgan fingerprint density at radius 3 is 1.92 bits per heavy atom. The van der Waals surface area contributed by atoms with E-state index in [-0.39, 0.29) is 11.7 Å². The Kier molecular flexibility index (Phi) is 5.32. The molecule has 4 heteroatoms. The van der Waals surface area contributed by atoms with Gasteiger partial charge < -0.3 is 0 Å². The first-order valence-corrected chi connectivity index (χ1v) is 7.93. The van der Waals surface area contributed by atoms with Gasteiger partial charge in [-0.05, 0) is 17.2 Å². The van der Waals surface area contributed by atoms with Crippen LogP contribution in [0.3, 0.4) is 0 Å². The minimum atomic E-state index is -0.486. The topological polar surface area (TPSA) is 41.5 Å². The minimum absolute atomic E-state index is 0.273. The van der Waals surface area contributed by atoms with Gasteiger partial charge in [0.1, 0.15) is 5.82 Å². The van der Waals surface area contributed by atoms with Crippen LogP contribution in [-0.4, -0.2) is 12.1 Å². The standard InChI is InChI=1S/C21H17FN2O/c22-19-14-8-7-13-18(19)15-23-24-21(25)20(16-9-3-1-4-10-16)17-11-5-2-6-12-17/h1-15,20H,(H,24,25)/b23-15+. The lowest BCUT2D eigenvalue weighted by Crippen LogP contribution is -2.26. The number of hydrogen-bond acceptors (Lipinski definition) is 2. The zero-order chi connectivity index (χ0) is 17.5. The molecular weight excluding hydrogens is 315 g/mol. The van der Waals surface area contributed by atoms with Crippen LogP contribution in [0.5, 0.6) is 0 Å². The lowest BCUT2D eigenvalue weighted by atomic mass is 9.91. The summed E-state index contributed by atoms with van der Waals surface area (Å²) in [5.74, 6) is -1.15. The normalized spacial score (nSPS) is 11.0. The van der Waals surface area contributed by atoms with Crippen molar-refractivity contribution in [1.82, 2.24) is 5.43 Å². The average Bonchev–Trinajstić information content (AvgIpc) is 2.65. The third-order valence-electron chi connectivity index (χ3n) is 3.81. The van der Waals surface area contributed by atoms with Gasteiger partial charge in [0.2, 0.25) is 0 Å². The molecule has 124 valence electrons. The Morgan fingerprint density at radius 2 is 1.36 bits per heavy atom. The number of nitrogens with zero attached hydrogens (tertiary/aromatic N) is 1. The molecule has 1 N–H and O–H groups in total. The Bertz CT molecular complexity index is 824. The molecule has 1 amide bonds. The number of halogens is 1. The molecule has 0 bridgehead atoms. The molecule has 0 unspecified atom stereocenters. The second-order valence-electron chi connectivity index (χ2n) is 5.51. The van der Waals surface area contributed by atoms with E-state index in [4.69, 9.17) is 0 Å². The second-order valence-corrected chi connectivity index (χ2v) is 5.51. The molecule has 0 fully saturated rings. The molecule has 0 heterocycles. The highest BCUT2D eigenvalue weighted by atomic mass is 19.1. The smallest absolute Gasteiger partial charge is 0.252 e. The van der Waals surface area contributed by atoms with E-state index in [1.807, 2.05) is 60.7 Å². The molecule has 0 atom stereocenters. The van der Waals surface area contributed by atoms with E-state index in [0.29, 0.717) is 5.56 Å². The van der Waals surface area contributed by atoms with Crippen molar-refractivity contribution >= 4 is 12.1 Å². The quantitative estimate of drug-likeness (QED) is 0.554. The fourth-order valence-electron chi connectivity index (χ4n) is 2.60. The van der Waals surface area contributed by atoms with Gasteiger partial charge in [-0.25, -0.2) is 9.82 Å². The van der Waals surface area contributed by atoms with Crippen molar-refractivity contribution in [1.29, 1.82) is 0 Å². The Hall–Kier alpha value is -3.27. The van der Waals surface area contributed by atoms with Crippen LogP contribution in [-0.2, 0) is 4.79 Å². The predicted octanol–water partition coefficient (Wildman–Crippen LogP) is 4.11. The SMILES string of the molecule is O=C(N/N=C/c1ccccc1F)C(c1ccccc1)c1ccccc1. The number of amides is 1. The van der Waals surface area contributed by atoms with E-state index in [0.717, 1.165) is 11.1 Å². The van der Waals surface area contributed by atoms with Crippen LogP contribution in [0.2, 0.25) is 0 Å². The molecule has 0 aromatic heterocycles. The maximum absolute atomic E-state index is 13.6. The summed E-state index contributed by atoms with van der Waals surface area (Å²) >= 11 is 0. The maximum atomic E-state index is 13.6. The van der Waals surface area contributed by atoms with E-state index in [9.17, 15) is 9.18 Å². The number of benzene rings is 3. The molecule has 3 rings (SSSR count). The number of rotatable bonds is 5. The number of nitrogens with one attached hydrogen (secondary N) is 1. The first-order valence-electron chi connectivity index (χ1n) is 7.93. The third kappa shape index (κ3) is 4.18. The molecular formula is C21H17FN2O. The van der Waals surface area contributed by atoms with Crippen LogP contribution in [0.4, 0.5) is 4.39 Å². The minimum Gasteiger partial charge on any atom is -0.272 e. The average molecular weight is 332 g/mol. The summed E-state index contributed by atoms with van der Waals surface area (Å²) in [5.41, 5.74) is 4.57. The molecule has 0 radical (unpaired) electrons. The highest BCUT2D eigenvalue weighted by Gasteiger charge is 2.22. The highest BCUT2D eigenvalue weighted by molar-refractivity contribution is 5.88. The summed E-state index contributed by atoms with van der Waals surface area (Å²) in [4.78, 5) is 12.7. The van der Waals surface area contributed by atoms with Crippen LogP contribution < -0.4 is 5.43 Å². The zero-order valence-corrected chi connectivity index (χ0v) is 13.5. The van der Waals surface area contributed by atoms with Crippen LogP contribution in [0.25, 0.3) is 0 Å². The summed E-state index contributed by atoms with van der Waals surface area (Å²) in [6.45, 7) is 0. The molecule has 3 aromatic carbocycles. The van der Waals surface area contributed by atoms with Crippen LogP contribution >= 0.6 is 0 Å². The molecule has 0 aliphatic heterocycles. The van der Waals surface area contributed by atoms with Gasteiger partial charge in [-0.2, -0.15) is 5.10 Å². The summed E-state index contributed by atoms with van der Waals surface area (Å²) in [6, 6.07) is 25.2. The second kappa shape index (κ2) is 8.02. The fraction of sp³-hybridized carbons (Fsp3) is 0.0476. The number of hydrogen-bond donors (Lipinski definition) is 1. The molecule has 0 spiro atoms. The van der Waals surface area contributed by atoms with Gasteiger partial charge in [-0.3, -0.25) is 4.79 Å². The van der Waals surface area contributed by atoms with Gasteiger partial charge in [0.15, 0.2) is 0 Å². The molecule has 0 saturated carbocycles. The summed E-state index contributed by atoms with van der Waals surface area (Å²) < 4.78 is 13.6. The molecule has 3 aromatic rings. The van der Waals surface area contributed by atoms with E-state index in [2.05, 4.69) is 10.5 Å². The number of carbonyl (C=O) groups excluding carboxylic acids is 1. The van der Waals surface area contributed by atoms with Crippen molar-refractivity contribution in [3.8, 4) is 0 Å². The fourth-order valence-corrected chi connectivity index (χ4v) is 2.60. The van der Waals surface area contributed by atoms with Crippen LogP contribution in [0.15, 0.2) is 90.0 Å². The van der Waals surface area contributed by atoms with Crippen molar-refractivity contribution in [2.45, 2.75) is 5.92 Å². The monoisotopic (exact) mass is 332 g/mol. The van der Waals surface area contributed by atoms with E-state index >= 15 is 0 Å². The first kappa shape index (κ1) is 16.6. The zero-order valence-electron chi connectivity index (χ0n) is 13.5. The van der Waals surface area contributed by atoms with Gasteiger partial charge >= 0.3 is 0 Å². The largest absolute Gasteiger partial charge is 0.272 e. The number of carbonyl (C=O) groups is 1. The Balaban J connectivity index is 1.82. The lowest BCUT2D eigenvalue weighted by molar-refractivity contribution is -0.121. The molecule has 0 saturated heterocycles. The Morgan fingerprint density at radius 1 is 0.840 bits per heavy atom. The molecule has 0 aliphatic rings. The highest BCUT2D eigenvalue weighted by Crippen LogP contribution is 2.24. The van der Waals surface area contributed by atoms with Gasteiger partial charge in [0, 0.05) is 5.56 Å². The van der Waals surface area contributed by atoms with E-state index < -0.39 is 5.92 Å². The summed E-state index contributed by atoms with van der Waals surface area (Å²) in [7, 11) is 0. The molecule has 25 heavy (non-hydrogen) atoms. The molecule has 3 nitrogen and oxygen atoms in total. The van der Waals surface area contributed by atoms with Crippen molar-refractivity contribution in [2.24, 2.45) is 5.10 Å². The molecule has 0 aliphatic carbocycles. The van der Waals surface area contributed by atoms with Crippen LogP contribution in [0.1, 0.15) is 22.6 Å². The lowest BCUT2D eigenvalue weighted by Gasteiger charge is -2.16. The Labute approximate surface area is 145 Å². The first-order chi connectivity index (χ1) is 12.3. The van der Waals surface area contributed by atoms with Crippen molar-refractivity contribution in [2.75, 3.05) is 0 Å². The third-order valence-corrected chi connectivity index (χ3v) is 3.81. The van der Waals surface area contributed by atoms with E-state index in [1.165, 1.54) is 12.3 Å². The van der Waals surface area contributed by atoms with Gasteiger partial charge in [0.25, 0.3) is 5.91 Å². The summed E-state index contributed by atoms with van der Waals surface area (Å²) in [5, 5.41) is 3.91. The van der Waals surface area contributed by atoms with Gasteiger partial charge in [-0.1, -0.05) is 78.9 Å². The van der Waals surface area contributed by atoms with Crippen LogP contribution in [0, 0.1) is 5.82 Å². The summed E-state index contributed by atoms with van der Waals surface area (Å²) in [6.07, 6.45) is 1.31. The van der Waals surface area contributed by atoms with Crippen molar-refractivity contribution in [3.05, 3.63) is 107 Å².